The third kappa shape index (κ3) is 2.95. The molecule has 3 heterocycles. The molecule has 2 saturated heterocycles. The molecule has 4 heteroatoms. The second-order valence-corrected chi connectivity index (χ2v) is 6.39. The minimum absolute atomic E-state index is 0. The van der Waals surface area contributed by atoms with E-state index in [1.165, 1.54) is 50.1 Å². The van der Waals surface area contributed by atoms with E-state index in [9.17, 15) is 0 Å². The lowest BCUT2D eigenvalue weighted by Gasteiger charge is -2.42. The fourth-order valence-corrected chi connectivity index (χ4v) is 3.70. The molecular weight excluding hydrogens is 254 g/mol. The lowest BCUT2D eigenvalue weighted by Crippen LogP contribution is -2.49. The maximum absolute atomic E-state index is 6.02. The van der Waals surface area contributed by atoms with Crippen LogP contribution in [0.5, 0.6) is 5.06 Å². The largest absolute Gasteiger partial charge is 0.466 e. The number of nitrogens with zero attached hydrogens (tertiary/aromatic N) is 1. The Hall–Kier alpha value is -0.250. The van der Waals surface area contributed by atoms with Crippen LogP contribution >= 0.6 is 22.9 Å². The van der Waals surface area contributed by atoms with Crippen LogP contribution < -0.4 is 4.74 Å². The number of halogens is 1. The summed E-state index contributed by atoms with van der Waals surface area (Å²) in [5, 5.41) is 0.957. The maximum Gasteiger partial charge on any atom is 0.177 e. The number of thiophene rings is 1. The number of hydrogen-bond donors (Lipinski definition) is 0. The highest BCUT2D eigenvalue weighted by atomic mass is 35.5. The fourth-order valence-electron chi connectivity index (χ4n) is 2.78. The van der Waals surface area contributed by atoms with Gasteiger partial charge >= 0.3 is 0 Å². The van der Waals surface area contributed by atoms with Crippen LogP contribution in [0.4, 0.5) is 0 Å². The van der Waals surface area contributed by atoms with Crippen LogP contribution in [0.15, 0.2) is 12.1 Å². The average Bonchev–Trinajstić information content (AvgIpc) is 2.69. The van der Waals surface area contributed by atoms with E-state index < -0.39 is 0 Å². The van der Waals surface area contributed by atoms with Gasteiger partial charge < -0.3 is 4.74 Å². The monoisotopic (exact) mass is 273 g/mol. The van der Waals surface area contributed by atoms with Crippen LogP contribution in [0.25, 0.3) is 0 Å². The van der Waals surface area contributed by atoms with Crippen molar-refractivity contribution < 1.29 is 4.74 Å². The van der Waals surface area contributed by atoms with Crippen LogP contribution in [-0.4, -0.2) is 24.2 Å². The molecule has 0 amide bonds. The molecule has 2 aliphatic rings. The molecule has 2 aliphatic heterocycles. The molecule has 0 aromatic carbocycles. The molecule has 96 valence electrons. The van der Waals surface area contributed by atoms with Gasteiger partial charge in [0.15, 0.2) is 11.3 Å². The van der Waals surface area contributed by atoms with Gasteiger partial charge in [0.1, 0.15) is 0 Å². The Bertz CT molecular complexity index is 368. The summed E-state index contributed by atoms with van der Waals surface area (Å²) in [6.07, 6.45) is 5.51. The van der Waals surface area contributed by atoms with Crippen LogP contribution in [0.1, 0.15) is 33.1 Å². The average molecular weight is 274 g/mol. The van der Waals surface area contributed by atoms with Crippen molar-refractivity contribution in [3.63, 3.8) is 0 Å². The van der Waals surface area contributed by atoms with Gasteiger partial charge in [0.2, 0.25) is 0 Å². The molecule has 17 heavy (non-hydrogen) atoms. The van der Waals surface area contributed by atoms with E-state index in [2.05, 4.69) is 4.90 Å². The molecule has 3 unspecified atom stereocenters. The van der Waals surface area contributed by atoms with Gasteiger partial charge in [-0.05, 0) is 43.7 Å². The van der Waals surface area contributed by atoms with E-state index in [1.807, 2.05) is 12.1 Å². The molecule has 3 rings (SSSR count). The molecular formula is C13H20ClNOS. The second kappa shape index (κ2) is 5.59. The van der Waals surface area contributed by atoms with Crippen LogP contribution in [0.2, 0.25) is 4.34 Å². The Morgan fingerprint density at radius 2 is 2.18 bits per heavy atom. The highest BCUT2D eigenvalue weighted by molar-refractivity contribution is 7.17. The van der Waals surface area contributed by atoms with Gasteiger partial charge in [-0.3, -0.25) is 4.90 Å². The second-order valence-electron chi connectivity index (χ2n) is 4.71. The van der Waals surface area contributed by atoms with E-state index in [0.29, 0.717) is 0 Å². The van der Waals surface area contributed by atoms with Gasteiger partial charge in [-0.2, -0.15) is 0 Å². The quantitative estimate of drug-likeness (QED) is 0.799. The maximum atomic E-state index is 6.02. The zero-order valence-corrected chi connectivity index (χ0v) is 10.8. The molecule has 2 nitrogen and oxygen atoms in total. The first-order valence-electron chi connectivity index (χ1n) is 5.97. The van der Waals surface area contributed by atoms with Crippen molar-refractivity contribution in [2.45, 2.75) is 39.3 Å². The minimum atomic E-state index is 0. The summed E-state index contributed by atoms with van der Waals surface area (Å²) in [6, 6.07) is 3.88. The standard InChI is InChI=1S/C12H16ClNOS.CH4/c13-10-4-6-12(16-10)15-11-5-3-9-2-1-7-14(11)8-9;/h4,6,9,11H,1-3,5,7-8H2;1H4. The van der Waals surface area contributed by atoms with E-state index in [0.717, 1.165) is 15.3 Å². The Balaban J connectivity index is 0.00000108. The first-order chi connectivity index (χ1) is 7.81. The molecule has 0 N–H and O–H groups in total. The summed E-state index contributed by atoms with van der Waals surface area (Å²) >= 11 is 7.44. The minimum Gasteiger partial charge on any atom is -0.466 e. The predicted molar refractivity (Wildman–Crippen MR) is 74.0 cm³/mol. The van der Waals surface area contributed by atoms with Gasteiger partial charge in [0, 0.05) is 13.1 Å². The Kier molecular flexibility index (Phi) is 4.34. The normalized spacial score (nSPS) is 31.7. The van der Waals surface area contributed by atoms with Gasteiger partial charge in [-0.25, -0.2) is 0 Å². The van der Waals surface area contributed by atoms with Crippen molar-refractivity contribution in [1.29, 1.82) is 0 Å². The Morgan fingerprint density at radius 3 is 2.94 bits per heavy atom. The smallest absolute Gasteiger partial charge is 0.177 e. The Labute approximate surface area is 113 Å². The molecule has 1 aromatic rings. The van der Waals surface area contributed by atoms with Crippen molar-refractivity contribution in [2.75, 3.05) is 13.1 Å². The number of piperidine rings is 2. The summed E-state index contributed by atoms with van der Waals surface area (Å²) in [5.41, 5.74) is 0. The molecule has 3 atom stereocenters. The SMILES string of the molecule is C.Clc1ccc(OC2CCC3CCCN2C3)s1. The van der Waals surface area contributed by atoms with Gasteiger partial charge in [0.25, 0.3) is 0 Å². The molecule has 1 aromatic heterocycles. The lowest BCUT2D eigenvalue weighted by atomic mass is 9.89. The van der Waals surface area contributed by atoms with Gasteiger partial charge in [-0.1, -0.05) is 30.4 Å². The number of ether oxygens (including phenoxy) is 1. The van der Waals surface area contributed by atoms with Crippen LogP contribution in [-0.2, 0) is 0 Å². The lowest BCUT2D eigenvalue weighted by molar-refractivity contribution is -0.0410. The topological polar surface area (TPSA) is 12.5 Å². The number of fused-ring (bicyclic) bond motifs is 2. The van der Waals surface area contributed by atoms with Crippen LogP contribution in [0, 0.1) is 5.92 Å². The summed E-state index contributed by atoms with van der Waals surface area (Å²) in [5.74, 6) is 0.917. The molecule has 0 aliphatic carbocycles. The first kappa shape index (κ1) is 13.2. The third-order valence-electron chi connectivity index (χ3n) is 3.58. The molecule has 0 radical (unpaired) electrons. The molecule has 0 saturated carbocycles. The molecule has 2 bridgehead atoms. The Morgan fingerprint density at radius 1 is 1.29 bits per heavy atom. The number of rotatable bonds is 2. The van der Waals surface area contributed by atoms with Gasteiger partial charge in [-0.15, -0.1) is 0 Å². The van der Waals surface area contributed by atoms with Crippen molar-refractivity contribution in [3.8, 4) is 5.06 Å². The van der Waals surface area contributed by atoms with Gasteiger partial charge in [0.05, 0.1) is 4.34 Å². The van der Waals surface area contributed by atoms with E-state index in [-0.39, 0.29) is 13.7 Å². The van der Waals surface area contributed by atoms with Crippen molar-refractivity contribution in [2.24, 2.45) is 5.92 Å². The summed E-state index contributed by atoms with van der Waals surface area (Å²) in [7, 11) is 0. The summed E-state index contributed by atoms with van der Waals surface area (Å²) in [4.78, 5) is 2.49. The van der Waals surface area contributed by atoms with Crippen molar-refractivity contribution in [3.05, 3.63) is 16.5 Å². The zero-order valence-electron chi connectivity index (χ0n) is 9.19. The van der Waals surface area contributed by atoms with E-state index in [1.54, 1.807) is 0 Å². The predicted octanol–water partition coefficient (Wildman–Crippen LogP) is 4.25. The zero-order chi connectivity index (χ0) is 11.0. The fraction of sp³-hybridized carbons (Fsp3) is 0.692. The van der Waals surface area contributed by atoms with Crippen molar-refractivity contribution in [1.82, 2.24) is 4.90 Å². The third-order valence-corrected chi connectivity index (χ3v) is 4.70. The highest BCUT2D eigenvalue weighted by Gasteiger charge is 2.32. The molecule has 0 spiro atoms. The molecule has 2 fully saturated rings. The van der Waals surface area contributed by atoms with E-state index >= 15 is 0 Å². The summed E-state index contributed by atoms with van der Waals surface area (Å²) < 4.78 is 6.83. The van der Waals surface area contributed by atoms with Crippen molar-refractivity contribution >= 4 is 22.9 Å². The number of hydrogen-bond acceptors (Lipinski definition) is 3. The first-order valence-corrected chi connectivity index (χ1v) is 7.17. The highest BCUT2D eigenvalue weighted by Crippen LogP contribution is 2.34. The summed E-state index contributed by atoms with van der Waals surface area (Å²) in [6.45, 7) is 2.42. The van der Waals surface area contributed by atoms with Crippen LogP contribution in [0.3, 0.4) is 0 Å². The van der Waals surface area contributed by atoms with E-state index in [4.69, 9.17) is 16.3 Å².